The molecule has 112 valence electrons. The number of nitrogens with zero attached hydrogens (tertiary/aromatic N) is 3. The number of thiophene rings is 1. The Morgan fingerprint density at radius 1 is 1.04 bits per heavy atom. The molecule has 3 heterocycles. The Kier molecular flexibility index (Phi) is 3.44. The van der Waals surface area contributed by atoms with E-state index in [1.165, 1.54) is 29.8 Å². The van der Waals surface area contributed by atoms with Gasteiger partial charge in [-0.05, 0) is 35.9 Å². The fourth-order valence-electron chi connectivity index (χ4n) is 2.18. The molecule has 0 unspecified atom stereocenters. The number of aromatic nitrogens is 3. The van der Waals surface area contributed by atoms with E-state index in [0.29, 0.717) is 11.6 Å². The zero-order valence-corrected chi connectivity index (χ0v) is 12.6. The Morgan fingerprint density at radius 3 is 2.70 bits per heavy atom. The van der Waals surface area contributed by atoms with Gasteiger partial charge < -0.3 is 4.74 Å². The van der Waals surface area contributed by atoms with E-state index in [0.717, 1.165) is 20.7 Å². The highest BCUT2D eigenvalue weighted by Gasteiger charge is 2.12. The van der Waals surface area contributed by atoms with Crippen molar-refractivity contribution in [3.63, 3.8) is 0 Å². The molecule has 0 aliphatic carbocycles. The Hall–Kier alpha value is -2.86. The van der Waals surface area contributed by atoms with Crippen LogP contribution in [0.4, 0.5) is 4.39 Å². The van der Waals surface area contributed by atoms with Crippen LogP contribution in [0.3, 0.4) is 0 Å². The van der Waals surface area contributed by atoms with Crippen molar-refractivity contribution in [1.29, 1.82) is 0 Å². The van der Waals surface area contributed by atoms with Gasteiger partial charge in [0.1, 0.15) is 22.6 Å². The predicted molar refractivity (Wildman–Crippen MR) is 87.1 cm³/mol. The molecule has 0 saturated heterocycles. The molecule has 0 spiro atoms. The second kappa shape index (κ2) is 5.73. The maximum atomic E-state index is 13.1. The molecule has 4 aromatic rings. The first-order chi connectivity index (χ1) is 11.3. The molecule has 1 aromatic carbocycles. The van der Waals surface area contributed by atoms with Gasteiger partial charge in [0.15, 0.2) is 0 Å². The van der Waals surface area contributed by atoms with Crippen LogP contribution in [0, 0.1) is 5.82 Å². The minimum absolute atomic E-state index is 0.254. The molecule has 0 bridgehead atoms. The third-order valence-electron chi connectivity index (χ3n) is 3.26. The molecule has 0 aliphatic rings. The minimum Gasteiger partial charge on any atom is -0.436 e. The van der Waals surface area contributed by atoms with Crippen LogP contribution in [-0.4, -0.2) is 15.0 Å². The van der Waals surface area contributed by atoms with Gasteiger partial charge in [-0.1, -0.05) is 12.1 Å². The molecule has 0 N–H and O–H groups in total. The largest absolute Gasteiger partial charge is 0.436 e. The van der Waals surface area contributed by atoms with Crippen molar-refractivity contribution in [2.45, 2.75) is 0 Å². The van der Waals surface area contributed by atoms with E-state index in [4.69, 9.17) is 4.74 Å². The highest BCUT2D eigenvalue weighted by molar-refractivity contribution is 7.22. The molecule has 0 saturated carbocycles. The molecule has 0 fully saturated rings. The summed E-state index contributed by atoms with van der Waals surface area (Å²) in [5.41, 5.74) is 1.73. The van der Waals surface area contributed by atoms with Crippen molar-refractivity contribution in [3.05, 3.63) is 67.0 Å². The van der Waals surface area contributed by atoms with Gasteiger partial charge >= 0.3 is 0 Å². The molecular formula is C17H10FN3OS. The second-order valence-electron chi connectivity index (χ2n) is 4.80. The van der Waals surface area contributed by atoms with Crippen LogP contribution in [-0.2, 0) is 0 Å². The average molecular weight is 323 g/mol. The van der Waals surface area contributed by atoms with Crippen molar-refractivity contribution in [2.75, 3.05) is 0 Å². The van der Waals surface area contributed by atoms with Gasteiger partial charge in [0.25, 0.3) is 0 Å². The summed E-state index contributed by atoms with van der Waals surface area (Å²) in [4.78, 5) is 13.5. The van der Waals surface area contributed by atoms with Gasteiger partial charge in [-0.15, -0.1) is 11.3 Å². The summed E-state index contributed by atoms with van der Waals surface area (Å²) in [5.74, 6) is 0.848. The maximum absolute atomic E-state index is 13.1. The number of ether oxygens (including phenoxy) is 1. The lowest BCUT2D eigenvalue weighted by molar-refractivity contribution is 0.467. The Bertz CT molecular complexity index is 955. The summed E-state index contributed by atoms with van der Waals surface area (Å²) in [6.45, 7) is 0. The molecule has 23 heavy (non-hydrogen) atoms. The molecule has 0 radical (unpaired) electrons. The highest BCUT2D eigenvalue weighted by atomic mass is 32.1. The number of rotatable bonds is 3. The molecule has 0 amide bonds. The number of hydrogen-bond donors (Lipinski definition) is 0. The SMILES string of the molecule is Fc1ccc(-c2cc3ncnc(Oc4cccnc4)c3s2)cc1. The van der Waals surface area contributed by atoms with E-state index in [1.807, 2.05) is 12.1 Å². The number of pyridine rings is 1. The first-order valence-corrected chi connectivity index (χ1v) is 7.69. The summed E-state index contributed by atoms with van der Waals surface area (Å²) in [7, 11) is 0. The van der Waals surface area contributed by atoms with Crippen LogP contribution < -0.4 is 4.74 Å². The van der Waals surface area contributed by atoms with Crippen molar-refractivity contribution in [1.82, 2.24) is 15.0 Å². The molecule has 4 nitrogen and oxygen atoms in total. The van der Waals surface area contributed by atoms with Gasteiger partial charge in [0.2, 0.25) is 5.88 Å². The predicted octanol–water partition coefficient (Wildman–Crippen LogP) is 4.68. The van der Waals surface area contributed by atoms with Crippen LogP contribution in [0.15, 0.2) is 61.2 Å². The van der Waals surface area contributed by atoms with Crippen molar-refractivity contribution >= 4 is 21.6 Å². The minimum atomic E-state index is -0.254. The van der Waals surface area contributed by atoms with Crippen molar-refractivity contribution < 1.29 is 9.13 Å². The topological polar surface area (TPSA) is 47.9 Å². The van der Waals surface area contributed by atoms with E-state index in [-0.39, 0.29) is 5.82 Å². The fraction of sp³-hybridized carbons (Fsp3) is 0. The Labute approximate surface area is 135 Å². The number of fused-ring (bicyclic) bond motifs is 1. The zero-order chi connectivity index (χ0) is 15.6. The van der Waals surface area contributed by atoms with E-state index in [9.17, 15) is 4.39 Å². The summed E-state index contributed by atoms with van der Waals surface area (Å²) in [5, 5.41) is 0. The summed E-state index contributed by atoms with van der Waals surface area (Å²) >= 11 is 1.51. The lowest BCUT2D eigenvalue weighted by atomic mass is 10.2. The van der Waals surface area contributed by atoms with Crippen LogP contribution in [0.25, 0.3) is 20.7 Å². The van der Waals surface area contributed by atoms with Gasteiger partial charge in [-0.25, -0.2) is 14.4 Å². The second-order valence-corrected chi connectivity index (χ2v) is 5.85. The zero-order valence-electron chi connectivity index (χ0n) is 11.8. The molecule has 4 rings (SSSR count). The smallest absolute Gasteiger partial charge is 0.240 e. The monoisotopic (exact) mass is 323 g/mol. The van der Waals surface area contributed by atoms with Crippen molar-refractivity contribution in [2.24, 2.45) is 0 Å². The van der Waals surface area contributed by atoms with Gasteiger partial charge in [0.05, 0.1) is 11.7 Å². The van der Waals surface area contributed by atoms with Crippen LogP contribution in [0.1, 0.15) is 0 Å². The fourth-order valence-corrected chi connectivity index (χ4v) is 3.22. The van der Waals surface area contributed by atoms with Gasteiger partial charge in [-0.2, -0.15) is 0 Å². The molecule has 0 aliphatic heterocycles. The lowest BCUT2D eigenvalue weighted by Crippen LogP contribution is -1.89. The third kappa shape index (κ3) is 2.76. The van der Waals surface area contributed by atoms with Crippen LogP contribution in [0.2, 0.25) is 0 Å². The van der Waals surface area contributed by atoms with Crippen molar-refractivity contribution in [3.8, 4) is 22.1 Å². The number of benzene rings is 1. The average Bonchev–Trinajstić information content (AvgIpc) is 3.02. The highest BCUT2D eigenvalue weighted by Crippen LogP contribution is 2.37. The third-order valence-corrected chi connectivity index (χ3v) is 4.42. The van der Waals surface area contributed by atoms with E-state index < -0.39 is 0 Å². The normalized spacial score (nSPS) is 10.8. The quantitative estimate of drug-likeness (QED) is 0.549. The van der Waals surface area contributed by atoms with Gasteiger partial charge in [-0.3, -0.25) is 4.98 Å². The lowest BCUT2D eigenvalue weighted by Gasteiger charge is -2.03. The van der Waals surface area contributed by atoms with Crippen LogP contribution >= 0.6 is 11.3 Å². The van der Waals surface area contributed by atoms with E-state index >= 15 is 0 Å². The number of halogens is 1. The maximum Gasteiger partial charge on any atom is 0.240 e. The Morgan fingerprint density at radius 2 is 1.91 bits per heavy atom. The standard InChI is InChI=1S/C17H10FN3OS/c18-12-5-3-11(4-6-12)15-8-14-16(23-15)17(21-10-20-14)22-13-2-1-7-19-9-13/h1-10H. The van der Waals surface area contributed by atoms with E-state index in [1.54, 1.807) is 30.6 Å². The van der Waals surface area contributed by atoms with Gasteiger partial charge in [0, 0.05) is 11.1 Å². The molecular weight excluding hydrogens is 313 g/mol. The Balaban J connectivity index is 1.77. The summed E-state index contributed by atoms with van der Waals surface area (Å²) < 4.78 is 19.7. The molecule has 3 aromatic heterocycles. The first-order valence-electron chi connectivity index (χ1n) is 6.88. The van der Waals surface area contributed by atoms with Crippen LogP contribution in [0.5, 0.6) is 11.6 Å². The van der Waals surface area contributed by atoms with E-state index in [2.05, 4.69) is 15.0 Å². The molecule has 6 heteroatoms. The number of hydrogen-bond acceptors (Lipinski definition) is 5. The summed E-state index contributed by atoms with van der Waals surface area (Å²) in [6.07, 6.45) is 4.78. The molecule has 0 atom stereocenters. The first kappa shape index (κ1) is 13.8. The summed E-state index contributed by atoms with van der Waals surface area (Å²) in [6, 6.07) is 11.9.